The van der Waals surface area contributed by atoms with E-state index in [1.807, 2.05) is 41.1 Å². The van der Waals surface area contributed by atoms with Crippen molar-refractivity contribution in [1.82, 2.24) is 20.2 Å². The Morgan fingerprint density at radius 3 is 2.48 bits per heavy atom. The fourth-order valence-electron chi connectivity index (χ4n) is 2.88. The van der Waals surface area contributed by atoms with Crippen LogP contribution in [0.2, 0.25) is 0 Å². The van der Waals surface area contributed by atoms with E-state index in [4.69, 9.17) is 15.3 Å². The van der Waals surface area contributed by atoms with Crippen molar-refractivity contribution in [2.45, 2.75) is 13.5 Å². The van der Waals surface area contributed by atoms with Crippen LogP contribution in [-0.4, -0.2) is 25.9 Å². The molecule has 0 aliphatic heterocycles. The van der Waals surface area contributed by atoms with Gasteiger partial charge in [0.1, 0.15) is 0 Å². The number of hydroxylamine groups is 1. The van der Waals surface area contributed by atoms with Crippen LogP contribution in [0.4, 0.5) is 5.69 Å². The standard InChI is InChI=1S/C21H19N5O2S/c1-14-7-12-18(29-14)20-23-19(26(24-20)17-5-3-2-4-6-17)13-22-16-10-8-15(9-11-16)21(27)25-28/h2-12,22,28H,13H2,1H3,(H,25,27). The van der Waals surface area contributed by atoms with Gasteiger partial charge in [0.05, 0.1) is 17.1 Å². The molecule has 4 rings (SSSR count). The number of amides is 1. The number of para-hydroxylation sites is 1. The lowest BCUT2D eigenvalue weighted by atomic mass is 10.2. The Hall–Kier alpha value is -3.49. The van der Waals surface area contributed by atoms with Crippen LogP contribution in [0.15, 0.2) is 66.7 Å². The third-order valence-electron chi connectivity index (χ3n) is 4.33. The van der Waals surface area contributed by atoms with Crippen LogP contribution >= 0.6 is 11.3 Å². The normalized spacial score (nSPS) is 10.7. The largest absolute Gasteiger partial charge is 0.378 e. The van der Waals surface area contributed by atoms with E-state index in [9.17, 15) is 4.79 Å². The van der Waals surface area contributed by atoms with Crippen LogP contribution in [0, 0.1) is 6.92 Å². The molecule has 3 N–H and O–H groups in total. The van der Waals surface area contributed by atoms with Gasteiger partial charge in [-0.3, -0.25) is 10.0 Å². The van der Waals surface area contributed by atoms with Gasteiger partial charge < -0.3 is 5.32 Å². The molecule has 7 nitrogen and oxygen atoms in total. The van der Waals surface area contributed by atoms with Crippen molar-refractivity contribution >= 4 is 22.9 Å². The molecule has 0 aliphatic carbocycles. The minimum atomic E-state index is -0.545. The zero-order valence-electron chi connectivity index (χ0n) is 15.7. The Morgan fingerprint density at radius 2 is 1.83 bits per heavy atom. The van der Waals surface area contributed by atoms with Gasteiger partial charge in [-0.05, 0) is 55.5 Å². The minimum Gasteiger partial charge on any atom is -0.378 e. The van der Waals surface area contributed by atoms with Crippen molar-refractivity contribution in [1.29, 1.82) is 0 Å². The van der Waals surface area contributed by atoms with Crippen LogP contribution < -0.4 is 10.8 Å². The van der Waals surface area contributed by atoms with Crippen molar-refractivity contribution in [3.63, 3.8) is 0 Å². The molecular weight excluding hydrogens is 386 g/mol. The molecule has 2 heterocycles. The third kappa shape index (κ3) is 4.18. The third-order valence-corrected chi connectivity index (χ3v) is 5.33. The summed E-state index contributed by atoms with van der Waals surface area (Å²) in [5.41, 5.74) is 3.77. The van der Waals surface area contributed by atoms with Crippen LogP contribution in [-0.2, 0) is 6.54 Å². The Morgan fingerprint density at radius 1 is 1.07 bits per heavy atom. The van der Waals surface area contributed by atoms with Gasteiger partial charge in [-0.2, -0.15) is 0 Å². The first-order valence-corrected chi connectivity index (χ1v) is 9.82. The number of nitrogens with zero attached hydrogens (tertiary/aromatic N) is 3. The molecule has 2 aromatic heterocycles. The van der Waals surface area contributed by atoms with Gasteiger partial charge in [0.15, 0.2) is 11.6 Å². The van der Waals surface area contributed by atoms with Gasteiger partial charge in [-0.25, -0.2) is 15.1 Å². The Balaban J connectivity index is 1.60. The lowest BCUT2D eigenvalue weighted by molar-refractivity contribution is 0.0706. The fourth-order valence-corrected chi connectivity index (χ4v) is 3.68. The van der Waals surface area contributed by atoms with E-state index in [1.165, 1.54) is 4.88 Å². The van der Waals surface area contributed by atoms with Crippen molar-refractivity contribution < 1.29 is 10.0 Å². The smallest absolute Gasteiger partial charge is 0.274 e. The first-order valence-electron chi connectivity index (χ1n) is 9.00. The van der Waals surface area contributed by atoms with E-state index in [1.54, 1.807) is 41.1 Å². The summed E-state index contributed by atoms with van der Waals surface area (Å²) in [5, 5.41) is 16.7. The summed E-state index contributed by atoms with van der Waals surface area (Å²) in [6.45, 7) is 2.52. The van der Waals surface area contributed by atoms with Gasteiger partial charge in [0, 0.05) is 16.1 Å². The van der Waals surface area contributed by atoms with Gasteiger partial charge in [0.25, 0.3) is 5.91 Å². The number of aryl methyl sites for hydroxylation is 1. The number of rotatable bonds is 6. The molecule has 29 heavy (non-hydrogen) atoms. The summed E-state index contributed by atoms with van der Waals surface area (Å²) in [6.07, 6.45) is 0. The van der Waals surface area contributed by atoms with Crippen molar-refractivity contribution in [2.24, 2.45) is 0 Å². The summed E-state index contributed by atoms with van der Waals surface area (Å²) in [7, 11) is 0. The molecule has 0 saturated carbocycles. The number of thiophene rings is 1. The van der Waals surface area contributed by atoms with Gasteiger partial charge in [-0.15, -0.1) is 16.4 Å². The van der Waals surface area contributed by atoms with Crippen LogP contribution in [0.1, 0.15) is 21.1 Å². The molecule has 0 radical (unpaired) electrons. The second-order valence-electron chi connectivity index (χ2n) is 6.38. The van der Waals surface area contributed by atoms with Crippen LogP contribution in [0.3, 0.4) is 0 Å². The van der Waals surface area contributed by atoms with E-state index in [0.29, 0.717) is 17.9 Å². The zero-order valence-corrected chi connectivity index (χ0v) is 16.5. The Bertz CT molecular complexity index is 1120. The molecule has 0 unspecified atom stereocenters. The van der Waals surface area contributed by atoms with Crippen molar-refractivity contribution in [3.8, 4) is 16.4 Å². The molecule has 0 aliphatic rings. The molecule has 0 saturated heterocycles. The minimum absolute atomic E-state index is 0.376. The maximum atomic E-state index is 11.4. The molecular formula is C21H19N5O2S. The summed E-state index contributed by atoms with van der Waals surface area (Å²) in [6, 6.07) is 20.8. The van der Waals surface area contributed by atoms with E-state index in [2.05, 4.69) is 18.3 Å². The number of carbonyl (C=O) groups excluding carboxylic acids is 1. The lowest BCUT2D eigenvalue weighted by Crippen LogP contribution is -2.18. The molecule has 8 heteroatoms. The highest BCUT2D eigenvalue weighted by Gasteiger charge is 2.14. The Labute approximate surface area is 171 Å². The predicted octanol–water partition coefficient (Wildman–Crippen LogP) is 4.04. The van der Waals surface area contributed by atoms with E-state index in [0.717, 1.165) is 22.1 Å². The topological polar surface area (TPSA) is 92.1 Å². The fraction of sp³-hybridized carbons (Fsp3) is 0.0952. The Kier molecular flexibility index (Phi) is 5.37. The number of hydrogen-bond donors (Lipinski definition) is 3. The molecule has 2 aromatic carbocycles. The monoisotopic (exact) mass is 405 g/mol. The highest BCUT2D eigenvalue weighted by atomic mass is 32.1. The molecule has 0 bridgehead atoms. The average Bonchev–Trinajstić information content (AvgIpc) is 3.39. The van der Waals surface area contributed by atoms with Gasteiger partial charge >= 0.3 is 0 Å². The number of nitrogens with one attached hydrogen (secondary N) is 2. The summed E-state index contributed by atoms with van der Waals surface area (Å²) >= 11 is 1.66. The zero-order chi connectivity index (χ0) is 20.2. The van der Waals surface area contributed by atoms with Crippen molar-refractivity contribution in [3.05, 3.63) is 83.0 Å². The lowest BCUT2D eigenvalue weighted by Gasteiger charge is -2.08. The molecule has 4 aromatic rings. The number of aromatic nitrogens is 3. The average molecular weight is 405 g/mol. The number of anilines is 1. The quantitative estimate of drug-likeness (QED) is 0.333. The first kappa shape index (κ1) is 18.9. The molecule has 1 amide bonds. The highest BCUT2D eigenvalue weighted by Crippen LogP contribution is 2.26. The first-order chi connectivity index (χ1) is 14.1. The molecule has 0 atom stereocenters. The molecule has 146 valence electrons. The van der Waals surface area contributed by atoms with E-state index in [-0.39, 0.29) is 0 Å². The van der Waals surface area contributed by atoms with Gasteiger partial charge in [0.2, 0.25) is 0 Å². The van der Waals surface area contributed by atoms with Crippen molar-refractivity contribution in [2.75, 3.05) is 5.32 Å². The number of benzene rings is 2. The number of carbonyl (C=O) groups is 1. The van der Waals surface area contributed by atoms with Crippen LogP contribution in [0.25, 0.3) is 16.4 Å². The summed E-state index contributed by atoms with van der Waals surface area (Å²) in [4.78, 5) is 18.4. The van der Waals surface area contributed by atoms with Gasteiger partial charge in [-0.1, -0.05) is 18.2 Å². The van der Waals surface area contributed by atoms with E-state index < -0.39 is 5.91 Å². The second-order valence-corrected chi connectivity index (χ2v) is 7.67. The summed E-state index contributed by atoms with van der Waals surface area (Å²) in [5.74, 6) is 0.921. The summed E-state index contributed by atoms with van der Waals surface area (Å²) < 4.78 is 1.84. The van der Waals surface area contributed by atoms with Crippen LogP contribution in [0.5, 0.6) is 0 Å². The molecule has 0 fully saturated rings. The maximum absolute atomic E-state index is 11.4. The second kappa shape index (κ2) is 8.26. The maximum Gasteiger partial charge on any atom is 0.274 e. The van der Waals surface area contributed by atoms with E-state index >= 15 is 0 Å². The number of hydrogen-bond acceptors (Lipinski definition) is 6. The predicted molar refractivity (Wildman–Crippen MR) is 112 cm³/mol. The molecule has 0 spiro atoms. The highest BCUT2D eigenvalue weighted by molar-refractivity contribution is 7.15. The SMILES string of the molecule is Cc1ccc(-c2nc(CNc3ccc(C(=O)NO)cc3)n(-c3ccccc3)n2)s1.